The molecule has 1 aromatic heterocycles. The lowest BCUT2D eigenvalue weighted by Crippen LogP contribution is -2.26. The molecule has 3 aromatic rings. The number of benzene rings is 2. The molecule has 0 N–H and O–H groups in total. The van der Waals surface area contributed by atoms with Gasteiger partial charge in [0.1, 0.15) is 6.61 Å². The van der Waals surface area contributed by atoms with Crippen LogP contribution in [0.2, 0.25) is 0 Å². The normalized spacial score (nSPS) is 13.8. The quantitative estimate of drug-likeness (QED) is 0.337. The molecule has 0 aliphatic carbocycles. The topological polar surface area (TPSA) is 31.2 Å². The van der Waals surface area contributed by atoms with Crippen LogP contribution in [0.3, 0.4) is 0 Å². The van der Waals surface area contributed by atoms with Gasteiger partial charge in [0, 0.05) is 24.0 Å². The highest BCUT2D eigenvalue weighted by Gasteiger charge is 2.31. The maximum Gasteiger partial charge on any atom is 0.330 e. The molecular formula is C22H23NO2S. The zero-order chi connectivity index (χ0) is 18.6. The highest BCUT2D eigenvalue weighted by molar-refractivity contribution is 8.00. The Morgan fingerprint density at radius 3 is 2.54 bits per heavy atom. The van der Waals surface area contributed by atoms with E-state index in [4.69, 9.17) is 4.74 Å². The van der Waals surface area contributed by atoms with Gasteiger partial charge in [0.05, 0.1) is 9.77 Å². The van der Waals surface area contributed by atoms with Crippen LogP contribution in [0, 0.1) is 0 Å². The number of carbonyl (C=O) groups is 1. The van der Waals surface area contributed by atoms with Crippen molar-refractivity contribution in [3.63, 3.8) is 0 Å². The first-order valence-electron chi connectivity index (χ1n) is 8.62. The van der Waals surface area contributed by atoms with Crippen LogP contribution in [0.15, 0.2) is 77.8 Å². The molecule has 3 rings (SSSR count). The van der Waals surface area contributed by atoms with Crippen molar-refractivity contribution >= 4 is 28.6 Å². The van der Waals surface area contributed by atoms with Gasteiger partial charge in [-0.1, -0.05) is 66.4 Å². The van der Waals surface area contributed by atoms with E-state index in [1.807, 2.05) is 37.3 Å². The summed E-state index contributed by atoms with van der Waals surface area (Å²) in [5.41, 5.74) is 2.32. The van der Waals surface area contributed by atoms with Gasteiger partial charge < -0.3 is 9.30 Å². The molecule has 26 heavy (non-hydrogen) atoms. The number of para-hydroxylation sites is 1. The molecule has 4 heteroatoms. The third-order valence-corrected chi connectivity index (χ3v) is 5.82. The second-order valence-corrected chi connectivity index (χ2v) is 7.93. The first-order valence-corrected chi connectivity index (χ1v) is 9.43. The summed E-state index contributed by atoms with van der Waals surface area (Å²) in [6.45, 7) is 4.22. The second-order valence-electron chi connectivity index (χ2n) is 6.41. The van der Waals surface area contributed by atoms with Gasteiger partial charge in [-0.2, -0.15) is 0 Å². The van der Waals surface area contributed by atoms with Crippen molar-refractivity contribution in [3.8, 4) is 0 Å². The van der Waals surface area contributed by atoms with Crippen LogP contribution in [-0.4, -0.2) is 17.1 Å². The average molecular weight is 365 g/mol. The summed E-state index contributed by atoms with van der Waals surface area (Å²) in [6.07, 6.45) is 3.14. The Kier molecular flexibility index (Phi) is 5.52. The number of ether oxygens (including phenoxy) is 1. The van der Waals surface area contributed by atoms with E-state index in [2.05, 4.69) is 48.9 Å². The van der Waals surface area contributed by atoms with Crippen LogP contribution in [0.4, 0.5) is 0 Å². The van der Waals surface area contributed by atoms with Crippen LogP contribution < -0.4 is 0 Å². The Labute approximate surface area is 158 Å². The van der Waals surface area contributed by atoms with Gasteiger partial charge in [-0.3, -0.25) is 0 Å². The van der Waals surface area contributed by atoms with E-state index in [0.29, 0.717) is 6.61 Å². The molecule has 0 radical (unpaired) electrons. The fourth-order valence-electron chi connectivity index (χ4n) is 2.95. The molecule has 2 aromatic carbocycles. The number of aryl methyl sites for hydroxylation is 1. The summed E-state index contributed by atoms with van der Waals surface area (Å²) in [5, 5.41) is 2.35. The highest BCUT2D eigenvalue weighted by atomic mass is 32.2. The molecule has 0 amide bonds. The summed E-state index contributed by atoms with van der Waals surface area (Å²) >= 11 is 1.72. The first kappa shape index (κ1) is 18.3. The van der Waals surface area contributed by atoms with Crippen molar-refractivity contribution < 1.29 is 9.53 Å². The Morgan fingerprint density at radius 2 is 1.85 bits per heavy atom. The van der Waals surface area contributed by atoms with Crippen LogP contribution in [-0.2, 0) is 21.3 Å². The standard InChI is InChI=1S/C22H23NO2S/c1-4-10-21(24)25-16-22(2,18-12-6-5-7-13-18)26-20-15-17-11-8-9-14-19(17)23(20)3/h4-15H,16H2,1-3H3. The van der Waals surface area contributed by atoms with E-state index in [0.717, 1.165) is 10.6 Å². The highest BCUT2D eigenvalue weighted by Crippen LogP contribution is 2.43. The lowest BCUT2D eigenvalue weighted by atomic mass is 10.0. The SMILES string of the molecule is CC=CC(=O)OCC(C)(Sc1cc2ccccc2n1C)c1ccccc1. The van der Waals surface area contributed by atoms with Crippen molar-refractivity contribution in [1.29, 1.82) is 0 Å². The van der Waals surface area contributed by atoms with Crippen LogP contribution >= 0.6 is 11.8 Å². The number of hydrogen-bond donors (Lipinski definition) is 0. The van der Waals surface area contributed by atoms with Crippen LogP contribution in [0.25, 0.3) is 10.9 Å². The zero-order valence-electron chi connectivity index (χ0n) is 15.3. The van der Waals surface area contributed by atoms with E-state index in [-0.39, 0.29) is 10.7 Å². The van der Waals surface area contributed by atoms with E-state index < -0.39 is 0 Å². The van der Waals surface area contributed by atoms with Gasteiger partial charge in [-0.05, 0) is 31.5 Å². The van der Waals surface area contributed by atoms with Gasteiger partial charge in [-0.25, -0.2) is 4.79 Å². The summed E-state index contributed by atoms with van der Waals surface area (Å²) in [7, 11) is 2.07. The average Bonchev–Trinajstić information content (AvgIpc) is 2.97. The van der Waals surface area contributed by atoms with E-state index in [9.17, 15) is 4.79 Å². The number of allylic oxidation sites excluding steroid dienone is 1. The molecule has 0 fully saturated rings. The second kappa shape index (κ2) is 7.83. The largest absolute Gasteiger partial charge is 0.461 e. The predicted octanol–water partition coefficient (Wildman–Crippen LogP) is 5.31. The minimum Gasteiger partial charge on any atom is -0.461 e. The van der Waals surface area contributed by atoms with Crippen molar-refractivity contribution in [2.75, 3.05) is 6.61 Å². The number of thioether (sulfide) groups is 1. The van der Waals surface area contributed by atoms with Gasteiger partial charge in [0.25, 0.3) is 0 Å². The molecule has 134 valence electrons. The Hall–Kier alpha value is -2.46. The maximum atomic E-state index is 11.9. The van der Waals surface area contributed by atoms with Crippen molar-refractivity contribution in [2.24, 2.45) is 7.05 Å². The van der Waals surface area contributed by atoms with Crippen molar-refractivity contribution in [2.45, 2.75) is 23.6 Å². The van der Waals surface area contributed by atoms with E-state index >= 15 is 0 Å². The smallest absolute Gasteiger partial charge is 0.330 e. The number of nitrogens with zero attached hydrogens (tertiary/aromatic N) is 1. The molecule has 0 saturated carbocycles. The summed E-state index contributed by atoms with van der Waals surface area (Å²) in [6, 6.07) is 20.7. The van der Waals surface area contributed by atoms with Crippen LogP contribution in [0.5, 0.6) is 0 Å². The third-order valence-electron chi connectivity index (χ3n) is 4.41. The van der Waals surface area contributed by atoms with Gasteiger partial charge >= 0.3 is 5.97 Å². The molecule has 0 aliphatic rings. The molecule has 0 bridgehead atoms. The molecule has 0 aliphatic heterocycles. The molecule has 3 nitrogen and oxygen atoms in total. The minimum absolute atomic E-state index is 0.298. The Balaban J connectivity index is 1.94. The fourth-order valence-corrected chi connectivity index (χ4v) is 4.20. The Morgan fingerprint density at radius 1 is 1.15 bits per heavy atom. The lowest BCUT2D eigenvalue weighted by molar-refractivity contribution is -0.138. The number of fused-ring (bicyclic) bond motifs is 1. The molecule has 1 atom stereocenters. The number of esters is 1. The number of hydrogen-bond acceptors (Lipinski definition) is 3. The third kappa shape index (κ3) is 3.86. The molecular weight excluding hydrogens is 342 g/mol. The molecule has 1 unspecified atom stereocenters. The van der Waals surface area contributed by atoms with Gasteiger partial charge in [0.15, 0.2) is 0 Å². The fraction of sp³-hybridized carbons (Fsp3) is 0.227. The monoisotopic (exact) mass is 365 g/mol. The van der Waals surface area contributed by atoms with E-state index in [1.54, 1.807) is 17.8 Å². The molecule has 0 spiro atoms. The Bertz CT molecular complexity index is 930. The number of rotatable bonds is 6. The van der Waals surface area contributed by atoms with Gasteiger partial charge in [0.2, 0.25) is 0 Å². The van der Waals surface area contributed by atoms with Crippen molar-refractivity contribution in [1.82, 2.24) is 4.57 Å². The van der Waals surface area contributed by atoms with Crippen LogP contribution in [0.1, 0.15) is 19.4 Å². The lowest BCUT2D eigenvalue weighted by Gasteiger charge is -2.29. The first-order chi connectivity index (χ1) is 12.5. The maximum absolute atomic E-state index is 11.9. The summed E-state index contributed by atoms with van der Waals surface area (Å²) in [5.74, 6) is -0.313. The number of carbonyl (C=O) groups excluding carboxylic acids is 1. The number of aromatic nitrogens is 1. The summed E-state index contributed by atoms with van der Waals surface area (Å²) in [4.78, 5) is 11.9. The van der Waals surface area contributed by atoms with Crippen molar-refractivity contribution in [3.05, 3.63) is 78.4 Å². The minimum atomic E-state index is -0.388. The zero-order valence-corrected chi connectivity index (χ0v) is 16.1. The predicted molar refractivity (Wildman–Crippen MR) is 108 cm³/mol. The molecule has 1 heterocycles. The molecule has 0 saturated heterocycles. The van der Waals surface area contributed by atoms with E-state index in [1.165, 1.54) is 17.0 Å². The summed E-state index contributed by atoms with van der Waals surface area (Å²) < 4.78 is 7.33. The van der Waals surface area contributed by atoms with Gasteiger partial charge in [-0.15, -0.1) is 0 Å².